The lowest BCUT2D eigenvalue weighted by Crippen LogP contribution is -2.48. The lowest BCUT2D eigenvalue weighted by Gasteiger charge is -2.38. The van der Waals surface area contributed by atoms with Crippen LogP contribution in [0.25, 0.3) is 0 Å². The van der Waals surface area contributed by atoms with Gasteiger partial charge in [0, 0.05) is 19.1 Å². The van der Waals surface area contributed by atoms with Crippen LogP contribution >= 0.6 is 0 Å². The highest BCUT2D eigenvalue weighted by Crippen LogP contribution is 2.35. The molecule has 1 heterocycles. The number of rotatable bonds is 6. The van der Waals surface area contributed by atoms with E-state index in [9.17, 15) is 9.90 Å². The van der Waals surface area contributed by atoms with Gasteiger partial charge in [-0.15, -0.1) is 0 Å². The Morgan fingerprint density at radius 3 is 3.05 bits per heavy atom. The summed E-state index contributed by atoms with van der Waals surface area (Å²) in [5.41, 5.74) is -0.253. The van der Waals surface area contributed by atoms with Crippen molar-refractivity contribution in [3.8, 4) is 0 Å². The van der Waals surface area contributed by atoms with Gasteiger partial charge in [-0.3, -0.25) is 0 Å². The van der Waals surface area contributed by atoms with E-state index in [1.807, 2.05) is 6.92 Å². The van der Waals surface area contributed by atoms with Crippen molar-refractivity contribution in [2.45, 2.75) is 44.8 Å². The average molecular weight is 310 g/mol. The van der Waals surface area contributed by atoms with Crippen LogP contribution in [0.5, 0.6) is 0 Å². The van der Waals surface area contributed by atoms with Crippen molar-refractivity contribution >= 4 is 6.03 Å². The summed E-state index contributed by atoms with van der Waals surface area (Å²) in [6, 6.07) is 2.97. The highest BCUT2D eigenvalue weighted by molar-refractivity contribution is 5.74. The molecule has 0 saturated heterocycles. The topological polar surface area (TPSA) is 83.7 Å². The molecule has 3 atom stereocenters. The normalized spacial score (nSPS) is 26.4. The Kier molecular flexibility index (Phi) is 5.85. The summed E-state index contributed by atoms with van der Waals surface area (Å²) in [6.07, 6.45) is 5.08. The van der Waals surface area contributed by atoms with Crippen LogP contribution in [0.4, 0.5) is 4.79 Å². The number of furan rings is 1. The van der Waals surface area contributed by atoms with Crippen LogP contribution in [-0.2, 0) is 4.74 Å². The third kappa shape index (κ3) is 4.24. The molecule has 3 unspecified atom stereocenters. The average Bonchev–Trinajstić information content (AvgIpc) is 3.02. The molecule has 1 aliphatic rings. The Balaban J connectivity index is 1.86. The minimum absolute atomic E-state index is 0.253. The third-order valence-corrected chi connectivity index (χ3v) is 4.46. The van der Waals surface area contributed by atoms with Gasteiger partial charge >= 0.3 is 6.03 Å². The Hall–Kier alpha value is -1.53. The maximum atomic E-state index is 12.1. The minimum Gasteiger partial charge on any atom is -0.467 e. The first-order valence-corrected chi connectivity index (χ1v) is 7.80. The number of carbonyl (C=O) groups is 1. The summed E-state index contributed by atoms with van der Waals surface area (Å²) in [4.78, 5) is 12.1. The molecule has 1 fully saturated rings. The maximum Gasteiger partial charge on any atom is 0.315 e. The van der Waals surface area contributed by atoms with Crippen LogP contribution < -0.4 is 10.6 Å². The van der Waals surface area contributed by atoms with Gasteiger partial charge in [-0.1, -0.05) is 19.8 Å². The van der Waals surface area contributed by atoms with Gasteiger partial charge in [0.2, 0.25) is 0 Å². The van der Waals surface area contributed by atoms with E-state index >= 15 is 0 Å². The van der Waals surface area contributed by atoms with E-state index in [0.29, 0.717) is 18.9 Å². The van der Waals surface area contributed by atoms with Crippen LogP contribution in [0, 0.1) is 5.41 Å². The van der Waals surface area contributed by atoms with Gasteiger partial charge in [0.1, 0.15) is 11.8 Å². The van der Waals surface area contributed by atoms with Crippen LogP contribution in [0.15, 0.2) is 22.8 Å². The van der Waals surface area contributed by atoms with Crippen LogP contribution in [0.1, 0.15) is 44.4 Å². The number of nitrogens with one attached hydrogen (secondary N) is 2. The summed E-state index contributed by atoms with van der Waals surface area (Å²) in [6.45, 7) is 2.81. The molecule has 0 bridgehead atoms. The number of urea groups is 1. The summed E-state index contributed by atoms with van der Waals surface area (Å²) in [5, 5.41) is 15.9. The fourth-order valence-electron chi connectivity index (χ4n) is 2.93. The van der Waals surface area contributed by atoms with Gasteiger partial charge < -0.3 is 24.9 Å². The van der Waals surface area contributed by atoms with Gasteiger partial charge in [0.25, 0.3) is 0 Å². The second kappa shape index (κ2) is 7.65. The van der Waals surface area contributed by atoms with Crippen molar-refractivity contribution in [1.29, 1.82) is 0 Å². The zero-order chi connectivity index (χ0) is 16.0. The monoisotopic (exact) mass is 310 g/mol. The first-order chi connectivity index (χ1) is 10.5. The first-order valence-electron chi connectivity index (χ1n) is 7.80. The van der Waals surface area contributed by atoms with Crippen LogP contribution in [-0.4, -0.2) is 37.5 Å². The van der Waals surface area contributed by atoms with Gasteiger partial charge in [0.15, 0.2) is 0 Å². The third-order valence-electron chi connectivity index (χ3n) is 4.46. The standard InChI is InChI=1S/C16H26N2O4/c1-16(8-4-3-7-14(16)19)11-17-15(20)18-12(10-21-2)13-6-5-9-22-13/h5-6,9,12,14,19H,3-4,7-8,10-11H2,1-2H3,(H2,17,18,20). The van der Waals surface area contributed by atoms with Crippen LogP contribution in [0.2, 0.25) is 0 Å². The number of hydrogen-bond acceptors (Lipinski definition) is 4. The fourth-order valence-corrected chi connectivity index (χ4v) is 2.93. The number of hydrogen-bond donors (Lipinski definition) is 3. The predicted octanol–water partition coefficient (Wildman–Crippen LogP) is 2.21. The Morgan fingerprint density at radius 1 is 1.59 bits per heavy atom. The van der Waals surface area contributed by atoms with E-state index in [0.717, 1.165) is 25.7 Å². The van der Waals surface area contributed by atoms with E-state index in [-0.39, 0.29) is 23.6 Å². The molecule has 0 radical (unpaired) electrons. The molecular weight excluding hydrogens is 284 g/mol. The smallest absolute Gasteiger partial charge is 0.315 e. The lowest BCUT2D eigenvalue weighted by atomic mass is 9.73. The highest BCUT2D eigenvalue weighted by atomic mass is 16.5. The highest BCUT2D eigenvalue weighted by Gasteiger charge is 2.35. The second-order valence-corrected chi connectivity index (χ2v) is 6.27. The van der Waals surface area contributed by atoms with Crippen LogP contribution in [0.3, 0.4) is 0 Å². The minimum atomic E-state index is -0.360. The zero-order valence-electron chi connectivity index (χ0n) is 13.3. The molecule has 22 heavy (non-hydrogen) atoms. The Labute approximate surface area is 131 Å². The van der Waals surface area contributed by atoms with E-state index < -0.39 is 0 Å². The Morgan fingerprint density at radius 2 is 2.41 bits per heavy atom. The number of amides is 2. The molecule has 0 aliphatic heterocycles. The number of ether oxygens (including phenoxy) is 1. The molecule has 2 amide bonds. The predicted molar refractivity (Wildman–Crippen MR) is 82.4 cm³/mol. The second-order valence-electron chi connectivity index (χ2n) is 6.27. The summed E-state index contributed by atoms with van der Waals surface area (Å²) < 4.78 is 10.4. The molecular formula is C16H26N2O4. The van der Waals surface area contributed by atoms with E-state index in [2.05, 4.69) is 10.6 Å². The van der Waals surface area contributed by atoms with Crippen molar-refractivity contribution in [3.63, 3.8) is 0 Å². The van der Waals surface area contributed by atoms with E-state index in [1.54, 1.807) is 25.5 Å². The number of methoxy groups -OCH3 is 1. The van der Waals surface area contributed by atoms with Crippen molar-refractivity contribution in [2.75, 3.05) is 20.3 Å². The molecule has 1 aromatic heterocycles. The molecule has 0 aromatic carbocycles. The van der Waals surface area contributed by atoms with Crippen molar-refractivity contribution in [2.24, 2.45) is 5.41 Å². The molecule has 124 valence electrons. The van der Waals surface area contributed by atoms with Gasteiger partial charge in [-0.05, 0) is 25.0 Å². The zero-order valence-corrected chi connectivity index (χ0v) is 13.3. The molecule has 6 heteroatoms. The fraction of sp³-hybridized carbons (Fsp3) is 0.688. The first kappa shape index (κ1) is 16.8. The molecule has 2 rings (SSSR count). The summed E-state index contributed by atoms with van der Waals surface area (Å²) >= 11 is 0. The van der Waals surface area contributed by atoms with E-state index in [4.69, 9.17) is 9.15 Å². The van der Waals surface area contributed by atoms with Gasteiger partial charge in [0.05, 0.1) is 19.0 Å². The Bertz CT molecular complexity index is 463. The van der Waals surface area contributed by atoms with Gasteiger partial charge in [-0.2, -0.15) is 0 Å². The lowest BCUT2D eigenvalue weighted by molar-refractivity contribution is 0.00297. The summed E-state index contributed by atoms with van der Waals surface area (Å²) in [5.74, 6) is 0.654. The maximum absolute atomic E-state index is 12.1. The quantitative estimate of drug-likeness (QED) is 0.752. The van der Waals surface area contributed by atoms with Gasteiger partial charge in [-0.25, -0.2) is 4.79 Å². The van der Waals surface area contributed by atoms with Crippen molar-refractivity contribution in [3.05, 3.63) is 24.2 Å². The molecule has 0 spiro atoms. The molecule has 6 nitrogen and oxygen atoms in total. The van der Waals surface area contributed by atoms with Crippen molar-refractivity contribution in [1.82, 2.24) is 10.6 Å². The molecule has 1 aromatic rings. The number of aliphatic hydroxyl groups excluding tert-OH is 1. The largest absolute Gasteiger partial charge is 0.467 e. The number of aliphatic hydroxyl groups is 1. The summed E-state index contributed by atoms with van der Waals surface area (Å²) in [7, 11) is 1.58. The molecule has 3 N–H and O–H groups in total. The number of carbonyl (C=O) groups excluding carboxylic acids is 1. The van der Waals surface area contributed by atoms with Crippen molar-refractivity contribution < 1.29 is 19.1 Å². The SMILES string of the molecule is COCC(NC(=O)NCC1(C)CCCCC1O)c1ccco1. The van der Waals surface area contributed by atoms with E-state index in [1.165, 1.54) is 0 Å². The molecule has 1 saturated carbocycles. The molecule has 1 aliphatic carbocycles.